The molecule has 0 aromatic carbocycles. The molecule has 0 bridgehead atoms. The quantitative estimate of drug-likeness (QED) is 0.263. The minimum Gasteiger partial charge on any atom is -0.724 e. The molecule has 0 heterocycles. The number of hydrogen-bond donors (Lipinski definition) is 0. The number of nitroso groups, excluding NO2 is 1. The maximum Gasteiger partial charge on any atom is 1.00 e. The van der Waals surface area contributed by atoms with Crippen LogP contribution >= 0.6 is 0 Å². The average Bonchev–Trinajstić information content (AvgIpc) is 2.34. The molecule has 0 aliphatic rings. The Morgan fingerprint density at radius 1 is 1.24 bits per heavy atom. The van der Waals surface area contributed by atoms with Gasteiger partial charge in [-0.15, -0.1) is 4.91 Å². The number of rotatable bonds is 9. The summed E-state index contributed by atoms with van der Waals surface area (Å²) in [6, 6.07) is 0.563. The largest absolute Gasteiger partial charge is 1.00 e. The second kappa shape index (κ2) is 10.3. The molecule has 0 rings (SSSR count). The fraction of sp³-hybridized carbons (Fsp3) is 1.00. The average molecular weight is 275 g/mol. The van der Waals surface area contributed by atoms with E-state index in [1.165, 1.54) is 28.4 Å². The molecule has 0 atom stereocenters. The normalized spacial score (nSPS) is 11.2. The molecule has 0 N–H and O–H groups in total. The van der Waals surface area contributed by atoms with Gasteiger partial charge in [0, 0.05) is 41.0 Å². The van der Waals surface area contributed by atoms with E-state index >= 15 is 0 Å². The van der Waals surface area contributed by atoms with Crippen LogP contribution in [-0.2, 0) is 13.3 Å². The van der Waals surface area contributed by atoms with Gasteiger partial charge in [0.2, 0.25) is 0 Å². The van der Waals surface area contributed by atoms with Crippen molar-refractivity contribution in [3.8, 4) is 0 Å². The van der Waals surface area contributed by atoms with Crippen molar-refractivity contribution in [2.24, 2.45) is 5.29 Å². The monoisotopic (exact) mass is 275 g/mol. The van der Waals surface area contributed by atoms with Crippen molar-refractivity contribution < 1.29 is 42.8 Å². The third kappa shape index (κ3) is 6.79. The Bertz CT molecular complexity index is 202. The Morgan fingerprint density at radius 3 is 2.06 bits per heavy atom. The first kappa shape index (κ1) is 19.7. The zero-order valence-corrected chi connectivity index (χ0v) is 14.0. The maximum absolute atomic E-state index is 10.8. The molecule has 0 aliphatic heterocycles. The van der Waals surface area contributed by atoms with E-state index in [-0.39, 0.29) is 34.8 Å². The summed E-state index contributed by atoms with van der Waals surface area (Å²) in [7, 11) is 3.46. The van der Waals surface area contributed by atoms with Crippen molar-refractivity contribution >= 4 is 8.80 Å². The molecule has 96 valence electrons. The van der Waals surface area contributed by atoms with E-state index in [1.807, 2.05) is 0 Å². The smallest absolute Gasteiger partial charge is 0.724 e. The molecular formula is C7H18N3NaO5Si. The van der Waals surface area contributed by atoms with E-state index < -0.39 is 8.80 Å². The first-order valence-corrected chi connectivity index (χ1v) is 6.65. The second-order valence-electron chi connectivity index (χ2n) is 3.11. The summed E-state index contributed by atoms with van der Waals surface area (Å²) < 4.78 is 15.6. The van der Waals surface area contributed by atoms with Crippen LogP contribution in [0.15, 0.2) is 5.29 Å². The number of hydrazine groups is 1. The second-order valence-corrected chi connectivity index (χ2v) is 6.21. The third-order valence-corrected chi connectivity index (χ3v) is 5.09. The van der Waals surface area contributed by atoms with E-state index in [1.54, 1.807) is 0 Å². The van der Waals surface area contributed by atoms with Crippen molar-refractivity contribution in [1.82, 2.24) is 10.3 Å². The molecule has 0 saturated heterocycles. The van der Waals surface area contributed by atoms with Gasteiger partial charge < -0.3 is 18.5 Å². The molecule has 0 aliphatic carbocycles. The van der Waals surface area contributed by atoms with E-state index in [2.05, 4.69) is 5.29 Å². The predicted molar refractivity (Wildman–Crippen MR) is 59.8 cm³/mol. The summed E-state index contributed by atoms with van der Waals surface area (Å²) in [5.41, 5.74) is 0. The predicted octanol–water partition coefficient (Wildman–Crippen LogP) is -2.41. The summed E-state index contributed by atoms with van der Waals surface area (Å²) in [5, 5.41) is 14.1. The molecular weight excluding hydrogens is 257 g/mol. The van der Waals surface area contributed by atoms with E-state index in [0.717, 1.165) is 5.01 Å². The Balaban J connectivity index is 0. The minimum absolute atomic E-state index is 0. The molecule has 17 heavy (non-hydrogen) atoms. The van der Waals surface area contributed by atoms with Crippen LogP contribution in [0.2, 0.25) is 6.04 Å². The van der Waals surface area contributed by atoms with Crippen LogP contribution in [0, 0.1) is 10.1 Å². The molecule has 0 saturated carbocycles. The van der Waals surface area contributed by atoms with Gasteiger partial charge in [0.1, 0.15) is 0 Å². The molecule has 0 radical (unpaired) electrons. The Labute approximate surface area is 124 Å². The molecule has 10 heteroatoms. The van der Waals surface area contributed by atoms with Gasteiger partial charge in [0.15, 0.2) is 0 Å². The molecule has 0 fully saturated rings. The Kier molecular flexibility index (Phi) is 12.0. The van der Waals surface area contributed by atoms with Gasteiger partial charge in [-0.2, -0.15) is 0 Å². The zero-order valence-electron chi connectivity index (χ0n) is 11.0. The molecule has 0 aromatic rings. The fourth-order valence-corrected chi connectivity index (χ4v) is 2.93. The van der Waals surface area contributed by atoms with Gasteiger partial charge in [-0.25, -0.2) is 5.01 Å². The van der Waals surface area contributed by atoms with Crippen LogP contribution in [0.3, 0.4) is 0 Å². The summed E-state index contributed by atoms with van der Waals surface area (Å²) in [6.07, 6.45) is 0.604. The van der Waals surface area contributed by atoms with Crippen LogP contribution in [0.25, 0.3) is 0 Å². The zero-order chi connectivity index (χ0) is 12.6. The van der Waals surface area contributed by atoms with E-state index in [0.29, 0.717) is 19.0 Å². The van der Waals surface area contributed by atoms with E-state index in [9.17, 15) is 10.1 Å². The van der Waals surface area contributed by atoms with Gasteiger partial charge in [0.25, 0.3) is 0 Å². The van der Waals surface area contributed by atoms with Crippen LogP contribution in [0.5, 0.6) is 0 Å². The van der Waals surface area contributed by atoms with Gasteiger partial charge in [-0.3, -0.25) is 5.28 Å². The van der Waals surface area contributed by atoms with Gasteiger partial charge in [0.05, 0.1) is 5.29 Å². The fourth-order valence-electron chi connectivity index (χ4n) is 1.23. The van der Waals surface area contributed by atoms with Crippen LogP contribution < -0.4 is 29.6 Å². The molecule has 0 aromatic heterocycles. The van der Waals surface area contributed by atoms with Crippen molar-refractivity contribution in [1.29, 1.82) is 0 Å². The molecule has 0 spiro atoms. The first-order chi connectivity index (χ1) is 7.55. The van der Waals surface area contributed by atoms with Crippen molar-refractivity contribution in [2.45, 2.75) is 12.5 Å². The van der Waals surface area contributed by atoms with Crippen molar-refractivity contribution in [3.63, 3.8) is 0 Å². The molecule has 8 nitrogen and oxygen atoms in total. The Hall–Kier alpha value is 0.417. The molecule has 0 amide bonds. The summed E-state index contributed by atoms with van der Waals surface area (Å²) in [4.78, 5) is 9.93. The van der Waals surface area contributed by atoms with Crippen LogP contribution in [0.4, 0.5) is 0 Å². The van der Waals surface area contributed by atoms with Crippen molar-refractivity contribution in [2.75, 3.05) is 34.9 Å². The summed E-state index contributed by atoms with van der Waals surface area (Å²) in [6.45, 7) is 0.375. The maximum atomic E-state index is 10.8. The van der Waals surface area contributed by atoms with Crippen LogP contribution in [0.1, 0.15) is 6.42 Å². The standard InChI is InChI=1S/C7H18N3O5Si.Na/c1-9(10(12)8-11)6-5-7-16(13-2,14-3)15-4;/h5-7H2,1-4H3;/q-1;+1. The Morgan fingerprint density at radius 2 is 1.71 bits per heavy atom. The minimum atomic E-state index is -2.59. The first-order valence-electron chi connectivity index (χ1n) is 4.72. The van der Waals surface area contributed by atoms with Gasteiger partial charge >= 0.3 is 38.4 Å². The topological polar surface area (TPSA) is 86.7 Å². The van der Waals surface area contributed by atoms with Crippen molar-refractivity contribution in [3.05, 3.63) is 10.1 Å². The number of hydrogen-bond acceptors (Lipinski definition) is 7. The third-order valence-electron chi connectivity index (χ3n) is 2.26. The van der Waals surface area contributed by atoms with Crippen LogP contribution in [-0.4, -0.2) is 54.0 Å². The SMILES string of the molecule is CO[Si](CCCN(C)N([O-])N=O)(OC)OC.[Na+]. The van der Waals surface area contributed by atoms with E-state index in [4.69, 9.17) is 13.3 Å². The summed E-state index contributed by atoms with van der Waals surface area (Å²) >= 11 is 0. The van der Waals surface area contributed by atoms with Gasteiger partial charge in [-0.05, 0) is 6.42 Å². The van der Waals surface area contributed by atoms with Gasteiger partial charge in [-0.1, -0.05) is 0 Å². The number of nitrogens with zero attached hydrogens (tertiary/aromatic N) is 3. The molecule has 0 unspecified atom stereocenters. The summed E-state index contributed by atoms with van der Waals surface area (Å²) in [5.74, 6) is 0.